The van der Waals surface area contributed by atoms with Crippen molar-refractivity contribution in [1.29, 1.82) is 0 Å². The van der Waals surface area contributed by atoms with Crippen LogP contribution in [0.5, 0.6) is 0 Å². The Kier molecular flexibility index (Phi) is 6.30. The molecule has 0 radical (unpaired) electrons. The third-order valence-corrected chi connectivity index (χ3v) is 5.84. The largest absolute Gasteiger partial charge is 0.301 e. The van der Waals surface area contributed by atoms with E-state index in [9.17, 15) is 4.79 Å². The van der Waals surface area contributed by atoms with Gasteiger partial charge in [-0.2, -0.15) is 0 Å². The van der Waals surface area contributed by atoms with Crippen LogP contribution in [0.3, 0.4) is 0 Å². The summed E-state index contributed by atoms with van der Waals surface area (Å²) in [5, 5.41) is 14.8. The molecule has 140 valence electrons. The van der Waals surface area contributed by atoms with Crippen LogP contribution in [0.2, 0.25) is 5.02 Å². The number of aryl methyl sites for hydroxylation is 1. The number of carbonyl (C=O) groups excluding carboxylic acids is 1. The maximum Gasteiger partial charge on any atom is 0.239 e. The Bertz CT molecular complexity index is 951. The van der Waals surface area contributed by atoms with Gasteiger partial charge >= 0.3 is 0 Å². The lowest BCUT2D eigenvalue weighted by molar-refractivity contribution is -0.115. The minimum atomic E-state index is -0.361. The van der Waals surface area contributed by atoms with Crippen LogP contribution >= 0.6 is 34.7 Å². The first-order valence-corrected chi connectivity index (χ1v) is 10.3. The van der Waals surface area contributed by atoms with Crippen LogP contribution in [-0.2, 0) is 11.3 Å². The molecule has 1 N–H and O–H groups in total. The minimum absolute atomic E-state index is 0.129. The van der Waals surface area contributed by atoms with E-state index in [0.29, 0.717) is 27.7 Å². The minimum Gasteiger partial charge on any atom is -0.301 e. The van der Waals surface area contributed by atoms with Crippen LogP contribution in [0.15, 0.2) is 47.5 Å². The molecule has 3 rings (SSSR count). The smallest absolute Gasteiger partial charge is 0.239 e. The van der Waals surface area contributed by atoms with Gasteiger partial charge in [0.05, 0.1) is 10.9 Å². The van der Waals surface area contributed by atoms with Crippen LogP contribution in [-0.4, -0.2) is 30.9 Å². The van der Waals surface area contributed by atoms with E-state index in [1.807, 2.05) is 48.1 Å². The number of nitrogens with zero attached hydrogens (tertiary/aromatic N) is 4. The second-order valence-corrected chi connectivity index (χ2v) is 8.36. The van der Waals surface area contributed by atoms with Crippen LogP contribution < -0.4 is 5.32 Å². The molecule has 1 amide bonds. The highest BCUT2D eigenvalue weighted by Gasteiger charge is 2.21. The van der Waals surface area contributed by atoms with Crippen LogP contribution in [0.4, 0.5) is 5.13 Å². The van der Waals surface area contributed by atoms with Gasteiger partial charge < -0.3 is 5.32 Å². The third-order valence-electron chi connectivity index (χ3n) is 3.63. The summed E-state index contributed by atoms with van der Waals surface area (Å²) in [6.07, 6.45) is 1.77. The van der Waals surface area contributed by atoms with E-state index in [4.69, 9.17) is 11.6 Å². The lowest BCUT2D eigenvalue weighted by Crippen LogP contribution is -2.22. The molecule has 27 heavy (non-hydrogen) atoms. The number of carbonyl (C=O) groups is 1. The van der Waals surface area contributed by atoms with E-state index in [1.165, 1.54) is 23.1 Å². The quantitative estimate of drug-likeness (QED) is 0.445. The van der Waals surface area contributed by atoms with Crippen molar-refractivity contribution in [3.63, 3.8) is 0 Å². The zero-order chi connectivity index (χ0) is 19.4. The second kappa shape index (κ2) is 8.69. The summed E-state index contributed by atoms with van der Waals surface area (Å²) in [6.45, 7) is 8.06. The SMILES string of the molecule is C=CCn1c(SC(C)C(=O)Nc2nc(C)cs2)nnc1-c1ccc(Cl)cc1. The first-order chi connectivity index (χ1) is 13.0. The Balaban J connectivity index is 1.78. The van der Waals surface area contributed by atoms with Crippen molar-refractivity contribution in [2.24, 2.45) is 0 Å². The molecular weight excluding hydrogens is 402 g/mol. The number of thioether (sulfide) groups is 1. The first kappa shape index (κ1) is 19.6. The van der Waals surface area contributed by atoms with Crippen molar-refractivity contribution >= 4 is 45.7 Å². The molecule has 1 atom stereocenters. The second-order valence-electron chi connectivity index (χ2n) is 5.76. The maximum atomic E-state index is 12.5. The molecule has 0 aliphatic rings. The molecule has 2 aromatic heterocycles. The summed E-state index contributed by atoms with van der Waals surface area (Å²) in [5.74, 6) is 0.577. The molecule has 0 aliphatic heterocycles. The molecule has 0 saturated carbocycles. The van der Waals surface area contributed by atoms with Crippen LogP contribution in [0, 0.1) is 6.92 Å². The van der Waals surface area contributed by atoms with E-state index in [-0.39, 0.29) is 11.2 Å². The average Bonchev–Trinajstić information content (AvgIpc) is 3.22. The zero-order valence-electron chi connectivity index (χ0n) is 14.8. The predicted octanol–water partition coefficient (Wildman–Crippen LogP) is 4.67. The Morgan fingerprint density at radius 3 is 2.78 bits per heavy atom. The van der Waals surface area contributed by atoms with Gasteiger partial charge in [-0.05, 0) is 38.1 Å². The van der Waals surface area contributed by atoms with Gasteiger partial charge in [0.2, 0.25) is 5.91 Å². The number of aromatic nitrogens is 4. The fourth-order valence-corrected chi connectivity index (χ4v) is 3.99. The van der Waals surface area contributed by atoms with Gasteiger partial charge in [0.25, 0.3) is 0 Å². The normalized spacial score (nSPS) is 12.0. The number of hydrogen-bond donors (Lipinski definition) is 1. The lowest BCUT2D eigenvalue weighted by atomic mass is 10.2. The molecule has 2 heterocycles. The number of nitrogens with one attached hydrogen (secondary N) is 1. The predicted molar refractivity (Wildman–Crippen MR) is 111 cm³/mol. The number of amides is 1. The number of benzene rings is 1. The molecule has 0 bridgehead atoms. The number of hydrogen-bond acceptors (Lipinski definition) is 6. The van der Waals surface area contributed by atoms with Crippen molar-refractivity contribution < 1.29 is 4.79 Å². The van der Waals surface area contributed by atoms with Gasteiger partial charge in [-0.1, -0.05) is 29.4 Å². The highest BCUT2D eigenvalue weighted by atomic mass is 35.5. The summed E-state index contributed by atoms with van der Waals surface area (Å²) in [5.41, 5.74) is 1.78. The number of allylic oxidation sites excluding steroid dienone is 1. The van der Waals surface area contributed by atoms with E-state index in [0.717, 1.165) is 11.3 Å². The van der Waals surface area contributed by atoms with Gasteiger partial charge in [-0.15, -0.1) is 28.1 Å². The van der Waals surface area contributed by atoms with Crippen molar-refractivity contribution in [1.82, 2.24) is 19.7 Å². The molecule has 0 saturated heterocycles. The first-order valence-electron chi connectivity index (χ1n) is 8.17. The highest BCUT2D eigenvalue weighted by Crippen LogP contribution is 2.28. The summed E-state index contributed by atoms with van der Waals surface area (Å²) in [6, 6.07) is 7.40. The van der Waals surface area contributed by atoms with E-state index in [1.54, 1.807) is 6.08 Å². The highest BCUT2D eigenvalue weighted by molar-refractivity contribution is 8.00. The Hall–Kier alpha value is -2.16. The van der Waals surface area contributed by atoms with Crippen LogP contribution in [0.1, 0.15) is 12.6 Å². The fourth-order valence-electron chi connectivity index (χ4n) is 2.31. The zero-order valence-corrected chi connectivity index (χ0v) is 17.2. The summed E-state index contributed by atoms with van der Waals surface area (Å²) in [7, 11) is 0. The monoisotopic (exact) mass is 419 g/mol. The van der Waals surface area contributed by atoms with E-state index in [2.05, 4.69) is 27.1 Å². The Morgan fingerprint density at radius 1 is 1.41 bits per heavy atom. The summed E-state index contributed by atoms with van der Waals surface area (Å²) in [4.78, 5) is 16.7. The van der Waals surface area contributed by atoms with Crippen LogP contribution in [0.25, 0.3) is 11.4 Å². The van der Waals surface area contributed by atoms with Crippen molar-refractivity contribution in [3.8, 4) is 11.4 Å². The standard InChI is InChI=1S/C18H18ClN5OS2/c1-4-9-24-15(13-5-7-14(19)8-6-13)22-23-18(24)27-12(3)16(25)21-17-20-11(2)10-26-17/h4-8,10,12H,1,9H2,2-3H3,(H,20,21,25). The maximum absolute atomic E-state index is 12.5. The number of thiazole rings is 1. The van der Waals surface area contributed by atoms with Gasteiger partial charge in [0.1, 0.15) is 0 Å². The lowest BCUT2D eigenvalue weighted by Gasteiger charge is -2.12. The molecule has 0 aliphatic carbocycles. The Morgan fingerprint density at radius 2 is 2.15 bits per heavy atom. The molecule has 0 spiro atoms. The fraction of sp³-hybridized carbons (Fsp3) is 0.222. The average molecular weight is 420 g/mol. The van der Waals surface area contributed by atoms with E-state index >= 15 is 0 Å². The molecule has 1 unspecified atom stereocenters. The number of halogens is 1. The van der Waals surface area contributed by atoms with Gasteiger partial charge in [-0.25, -0.2) is 4.98 Å². The topological polar surface area (TPSA) is 72.7 Å². The summed E-state index contributed by atoms with van der Waals surface area (Å²) < 4.78 is 1.93. The Labute approximate surface area is 170 Å². The number of anilines is 1. The van der Waals surface area contributed by atoms with Gasteiger partial charge in [0.15, 0.2) is 16.1 Å². The van der Waals surface area contributed by atoms with Gasteiger partial charge in [-0.3, -0.25) is 9.36 Å². The van der Waals surface area contributed by atoms with E-state index < -0.39 is 0 Å². The molecule has 3 aromatic rings. The molecular formula is C18H18ClN5OS2. The number of rotatable bonds is 7. The third kappa shape index (κ3) is 4.77. The molecule has 0 fully saturated rings. The molecule has 1 aromatic carbocycles. The van der Waals surface area contributed by atoms with Crippen molar-refractivity contribution in [2.45, 2.75) is 30.8 Å². The van der Waals surface area contributed by atoms with Crippen molar-refractivity contribution in [3.05, 3.63) is 53.0 Å². The molecule has 9 heteroatoms. The van der Waals surface area contributed by atoms with Crippen molar-refractivity contribution in [2.75, 3.05) is 5.32 Å². The summed E-state index contributed by atoms with van der Waals surface area (Å²) >= 11 is 8.71. The molecule has 6 nitrogen and oxygen atoms in total. The van der Waals surface area contributed by atoms with Gasteiger partial charge in [0, 0.05) is 22.5 Å².